The molecule has 3 nitrogen and oxygen atoms in total. The number of ether oxygens (including phenoxy) is 1. The van der Waals surface area contributed by atoms with Crippen molar-refractivity contribution < 1.29 is 9.84 Å². The van der Waals surface area contributed by atoms with Crippen LogP contribution in [-0.2, 0) is 0 Å². The Morgan fingerprint density at radius 3 is 2.41 bits per heavy atom. The first-order chi connectivity index (χ1) is 10.5. The quantitative estimate of drug-likeness (QED) is 0.859. The molecular weight excluding hydrogens is 298 g/mol. The minimum Gasteiger partial charge on any atom is -0.491 e. The van der Waals surface area contributed by atoms with Gasteiger partial charge in [0.15, 0.2) is 0 Å². The molecule has 1 aromatic carbocycles. The average molecular weight is 326 g/mol. The summed E-state index contributed by atoms with van der Waals surface area (Å²) in [6, 6.07) is 4.46. The van der Waals surface area contributed by atoms with Gasteiger partial charge in [0.1, 0.15) is 18.5 Å². The van der Waals surface area contributed by atoms with Gasteiger partial charge in [-0.15, -0.1) is 0 Å². The normalized spacial score (nSPS) is 17.7. The SMILES string of the molecule is Cc1cc(OC[C@H](O)CN(C)C2CCCCC2)cc(C)c1Cl. The third-order valence-corrected chi connectivity index (χ3v) is 5.15. The fourth-order valence-corrected chi connectivity index (χ4v) is 3.35. The largest absolute Gasteiger partial charge is 0.491 e. The molecule has 1 atom stereocenters. The van der Waals surface area contributed by atoms with Crippen molar-refractivity contribution in [3.8, 4) is 5.75 Å². The van der Waals surface area contributed by atoms with E-state index in [1.165, 1.54) is 32.1 Å². The lowest BCUT2D eigenvalue weighted by Gasteiger charge is -2.32. The van der Waals surface area contributed by atoms with Crippen LogP contribution in [0.2, 0.25) is 5.02 Å². The molecule has 22 heavy (non-hydrogen) atoms. The number of hydrogen-bond acceptors (Lipinski definition) is 3. The van der Waals surface area contributed by atoms with Crippen LogP contribution in [0.4, 0.5) is 0 Å². The van der Waals surface area contributed by atoms with Gasteiger partial charge in [0.25, 0.3) is 0 Å². The first kappa shape index (κ1) is 17.6. The second-order valence-electron chi connectivity index (χ2n) is 6.57. The molecule has 0 aliphatic heterocycles. The van der Waals surface area contributed by atoms with Gasteiger partial charge in [-0.05, 0) is 57.0 Å². The number of aliphatic hydroxyl groups is 1. The van der Waals surface area contributed by atoms with Gasteiger partial charge in [-0.3, -0.25) is 0 Å². The van der Waals surface area contributed by atoms with Crippen LogP contribution in [0.3, 0.4) is 0 Å². The number of likely N-dealkylation sites (N-methyl/N-ethyl adjacent to an activating group) is 1. The van der Waals surface area contributed by atoms with Crippen LogP contribution in [0.15, 0.2) is 12.1 Å². The minimum atomic E-state index is -0.469. The van der Waals surface area contributed by atoms with Crippen LogP contribution < -0.4 is 4.74 Å². The molecule has 0 radical (unpaired) electrons. The third kappa shape index (κ3) is 4.87. The van der Waals surface area contributed by atoms with E-state index in [0.717, 1.165) is 21.9 Å². The fraction of sp³-hybridized carbons (Fsp3) is 0.667. The van der Waals surface area contributed by atoms with E-state index >= 15 is 0 Å². The Hall–Kier alpha value is -0.770. The molecular formula is C18H28ClNO2. The number of halogens is 1. The van der Waals surface area contributed by atoms with Gasteiger partial charge in [0, 0.05) is 17.6 Å². The van der Waals surface area contributed by atoms with Crippen LogP contribution in [0.5, 0.6) is 5.75 Å². The summed E-state index contributed by atoms with van der Waals surface area (Å²) >= 11 is 6.16. The summed E-state index contributed by atoms with van der Waals surface area (Å²) in [6.07, 6.45) is 6.00. The van der Waals surface area contributed by atoms with Gasteiger partial charge in [-0.2, -0.15) is 0 Å². The topological polar surface area (TPSA) is 32.7 Å². The maximum Gasteiger partial charge on any atom is 0.120 e. The summed E-state index contributed by atoms with van der Waals surface area (Å²) in [5.41, 5.74) is 2.01. The fourth-order valence-electron chi connectivity index (χ4n) is 3.24. The first-order valence-electron chi connectivity index (χ1n) is 8.25. The minimum absolute atomic E-state index is 0.317. The molecule has 124 valence electrons. The lowest BCUT2D eigenvalue weighted by Crippen LogP contribution is -2.40. The number of rotatable bonds is 6. The van der Waals surface area contributed by atoms with Crippen molar-refractivity contribution in [2.45, 2.75) is 58.1 Å². The third-order valence-electron chi connectivity index (χ3n) is 4.55. The van der Waals surface area contributed by atoms with E-state index in [0.29, 0.717) is 19.2 Å². The van der Waals surface area contributed by atoms with Gasteiger partial charge < -0.3 is 14.7 Å². The Bertz CT molecular complexity index is 463. The molecule has 1 aliphatic rings. The zero-order valence-electron chi connectivity index (χ0n) is 13.9. The lowest BCUT2D eigenvalue weighted by atomic mass is 9.94. The number of benzene rings is 1. The molecule has 0 amide bonds. The van der Waals surface area contributed by atoms with E-state index in [1.807, 2.05) is 26.0 Å². The molecule has 2 rings (SSSR count). The summed E-state index contributed by atoms with van der Waals surface area (Å²) in [5.74, 6) is 0.777. The zero-order valence-corrected chi connectivity index (χ0v) is 14.7. The summed E-state index contributed by atoms with van der Waals surface area (Å²) in [7, 11) is 2.11. The average Bonchev–Trinajstić information content (AvgIpc) is 2.51. The van der Waals surface area contributed by atoms with Crippen LogP contribution in [0.25, 0.3) is 0 Å². The number of nitrogens with zero attached hydrogens (tertiary/aromatic N) is 1. The Morgan fingerprint density at radius 2 is 1.82 bits per heavy atom. The van der Waals surface area contributed by atoms with Gasteiger partial charge in [-0.25, -0.2) is 0 Å². The van der Waals surface area contributed by atoms with Crippen LogP contribution in [0.1, 0.15) is 43.2 Å². The Labute approximate surface area is 139 Å². The highest BCUT2D eigenvalue weighted by Gasteiger charge is 2.20. The van der Waals surface area contributed by atoms with E-state index < -0.39 is 6.10 Å². The highest BCUT2D eigenvalue weighted by Crippen LogP contribution is 2.26. The smallest absolute Gasteiger partial charge is 0.120 e. The molecule has 0 unspecified atom stereocenters. The van der Waals surface area contributed by atoms with Crippen LogP contribution >= 0.6 is 11.6 Å². The van der Waals surface area contributed by atoms with Gasteiger partial charge in [0.05, 0.1) is 0 Å². The van der Waals surface area contributed by atoms with Crippen LogP contribution in [0, 0.1) is 13.8 Å². The Kier molecular flexibility index (Phi) is 6.54. The second kappa shape index (κ2) is 8.19. The van der Waals surface area contributed by atoms with E-state index in [9.17, 15) is 5.11 Å². The second-order valence-corrected chi connectivity index (χ2v) is 6.95. The van der Waals surface area contributed by atoms with Gasteiger partial charge in [-0.1, -0.05) is 30.9 Å². The van der Waals surface area contributed by atoms with E-state index in [4.69, 9.17) is 16.3 Å². The van der Waals surface area contributed by atoms with Crippen molar-refractivity contribution in [2.24, 2.45) is 0 Å². The van der Waals surface area contributed by atoms with Gasteiger partial charge >= 0.3 is 0 Å². The predicted molar refractivity (Wildman–Crippen MR) is 91.9 cm³/mol. The van der Waals surface area contributed by atoms with E-state index in [1.54, 1.807) is 0 Å². The maximum absolute atomic E-state index is 10.2. The maximum atomic E-state index is 10.2. The van der Waals surface area contributed by atoms with Crippen molar-refractivity contribution in [3.63, 3.8) is 0 Å². The molecule has 0 saturated heterocycles. The highest BCUT2D eigenvalue weighted by atomic mass is 35.5. The standard InChI is InChI=1S/C18H28ClNO2/c1-13-9-17(10-14(2)18(13)19)22-12-16(21)11-20(3)15-7-5-4-6-8-15/h9-10,15-16,21H,4-8,11-12H2,1-3H3/t16-/m1/s1. The number of aryl methyl sites for hydroxylation is 2. The molecule has 1 saturated carbocycles. The lowest BCUT2D eigenvalue weighted by molar-refractivity contribution is 0.0561. The van der Waals surface area contributed by atoms with Crippen LogP contribution in [-0.4, -0.2) is 42.4 Å². The Morgan fingerprint density at radius 1 is 1.23 bits per heavy atom. The Balaban J connectivity index is 1.80. The first-order valence-corrected chi connectivity index (χ1v) is 8.63. The van der Waals surface area contributed by atoms with Crippen molar-refractivity contribution >= 4 is 11.6 Å². The molecule has 1 N–H and O–H groups in total. The zero-order chi connectivity index (χ0) is 16.1. The van der Waals surface area contributed by atoms with Gasteiger partial charge in [0.2, 0.25) is 0 Å². The molecule has 0 heterocycles. The van der Waals surface area contributed by atoms with E-state index in [-0.39, 0.29) is 0 Å². The van der Waals surface area contributed by atoms with Crippen molar-refractivity contribution in [2.75, 3.05) is 20.2 Å². The molecule has 1 fully saturated rings. The molecule has 0 bridgehead atoms. The molecule has 0 spiro atoms. The highest BCUT2D eigenvalue weighted by molar-refractivity contribution is 6.32. The predicted octanol–water partition coefficient (Wildman–Crippen LogP) is 3.96. The monoisotopic (exact) mass is 325 g/mol. The molecule has 0 aromatic heterocycles. The van der Waals surface area contributed by atoms with Crippen molar-refractivity contribution in [1.82, 2.24) is 4.90 Å². The summed E-state index contributed by atoms with van der Waals surface area (Å²) < 4.78 is 5.74. The number of hydrogen-bond donors (Lipinski definition) is 1. The summed E-state index contributed by atoms with van der Waals surface area (Å²) in [5, 5.41) is 11.0. The van der Waals surface area contributed by atoms with Crippen molar-refractivity contribution in [1.29, 1.82) is 0 Å². The molecule has 1 aromatic rings. The summed E-state index contributed by atoms with van der Waals surface area (Å²) in [4.78, 5) is 2.28. The molecule has 4 heteroatoms. The van der Waals surface area contributed by atoms with Crippen molar-refractivity contribution in [3.05, 3.63) is 28.3 Å². The number of aliphatic hydroxyl groups excluding tert-OH is 1. The van der Waals surface area contributed by atoms with E-state index in [2.05, 4.69) is 11.9 Å². The summed E-state index contributed by atoms with van der Waals surface area (Å²) in [6.45, 7) is 4.92. The molecule has 1 aliphatic carbocycles.